The number of imidazole rings is 1. The van der Waals surface area contributed by atoms with Gasteiger partial charge in [0.1, 0.15) is 12.1 Å². The van der Waals surface area contributed by atoms with E-state index >= 15 is 0 Å². The van der Waals surface area contributed by atoms with E-state index in [2.05, 4.69) is 9.97 Å². The number of amides is 1. The summed E-state index contributed by atoms with van der Waals surface area (Å²) >= 11 is 0. The van der Waals surface area contributed by atoms with Gasteiger partial charge in [-0.2, -0.15) is 4.98 Å². The van der Waals surface area contributed by atoms with Crippen LogP contribution in [0.3, 0.4) is 0 Å². The summed E-state index contributed by atoms with van der Waals surface area (Å²) in [5.41, 5.74) is 7.17. The largest absolute Gasteiger partial charge is 0.481 e. The number of hydrogen-bond acceptors (Lipinski definition) is 5. The van der Waals surface area contributed by atoms with Crippen LogP contribution in [0.2, 0.25) is 0 Å². The smallest absolute Gasteiger partial charge is 0.242 e. The highest BCUT2D eigenvalue weighted by molar-refractivity contribution is 5.81. The quantitative estimate of drug-likeness (QED) is 0.912. The third-order valence-corrected chi connectivity index (χ3v) is 3.81. The van der Waals surface area contributed by atoms with E-state index in [4.69, 9.17) is 10.5 Å². The Hall–Kier alpha value is -2.31. The molecule has 2 aromatic rings. The van der Waals surface area contributed by atoms with Gasteiger partial charge in [-0.25, -0.2) is 4.98 Å². The van der Waals surface area contributed by atoms with Crippen molar-refractivity contribution < 1.29 is 9.53 Å². The molecule has 7 nitrogen and oxygen atoms in total. The van der Waals surface area contributed by atoms with Crippen molar-refractivity contribution in [2.45, 2.75) is 25.8 Å². The number of anilines is 1. The van der Waals surface area contributed by atoms with E-state index in [0.29, 0.717) is 23.0 Å². The van der Waals surface area contributed by atoms with E-state index in [-0.39, 0.29) is 12.5 Å². The lowest BCUT2D eigenvalue weighted by atomic mass is 10.1. The van der Waals surface area contributed by atoms with E-state index in [1.807, 2.05) is 4.90 Å². The lowest BCUT2D eigenvalue weighted by molar-refractivity contribution is -0.132. The number of aromatic nitrogens is 3. The molecule has 3 heterocycles. The van der Waals surface area contributed by atoms with Crippen molar-refractivity contribution in [1.82, 2.24) is 19.4 Å². The number of nitrogens with two attached hydrogens (primary N) is 1. The summed E-state index contributed by atoms with van der Waals surface area (Å²) in [5.74, 6) is 0.843. The molecule has 0 aliphatic carbocycles. The molecule has 1 saturated heterocycles. The van der Waals surface area contributed by atoms with Crippen LogP contribution in [0, 0.1) is 0 Å². The van der Waals surface area contributed by atoms with E-state index < -0.39 is 0 Å². The number of fused-ring (bicyclic) bond motifs is 1. The summed E-state index contributed by atoms with van der Waals surface area (Å²) in [5, 5.41) is 0. The predicted octanol–water partition coefficient (Wildman–Crippen LogP) is 1.03. The first-order valence-electron chi connectivity index (χ1n) is 7.13. The molecule has 0 unspecified atom stereocenters. The van der Waals surface area contributed by atoms with Gasteiger partial charge in [0.2, 0.25) is 17.7 Å². The van der Waals surface area contributed by atoms with Crippen LogP contribution in [0.4, 0.5) is 5.95 Å². The molecule has 1 amide bonds. The Morgan fingerprint density at radius 1 is 1.29 bits per heavy atom. The molecule has 112 valence electrons. The lowest BCUT2D eigenvalue weighted by Crippen LogP contribution is -2.37. The van der Waals surface area contributed by atoms with Gasteiger partial charge in [-0.05, 0) is 25.3 Å². The molecule has 0 bridgehead atoms. The first kappa shape index (κ1) is 13.7. The Balaban J connectivity index is 1.88. The molecule has 0 atom stereocenters. The molecule has 2 aromatic heterocycles. The maximum atomic E-state index is 12.4. The molecule has 0 radical (unpaired) electrons. The van der Waals surface area contributed by atoms with Crippen LogP contribution in [0.1, 0.15) is 19.3 Å². The summed E-state index contributed by atoms with van der Waals surface area (Å²) < 4.78 is 6.77. The highest BCUT2D eigenvalue weighted by Crippen LogP contribution is 2.20. The number of nitrogen functional groups attached to an aromatic ring is 1. The number of piperidine rings is 1. The normalized spacial score (nSPS) is 15.4. The first-order chi connectivity index (χ1) is 10.2. The summed E-state index contributed by atoms with van der Waals surface area (Å²) in [6, 6.07) is 3.52. The van der Waals surface area contributed by atoms with Crippen molar-refractivity contribution >= 4 is 23.0 Å². The first-order valence-corrected chi connectivity index (χ1v) is 7.13. The highest BCUT2D eigenvalue weighted by atomic mass is 16.5. The summed E-state index contributed by atoms with van der Waals surface area (Å²) in [7, 11) is 1.55. The molecule has 0 saturated carbocycles. The van der Waals surface area contributed by atoms with Crippen LogP contribution in [-0.4, -0.2) is 45.5 Å². The molecule has 7 heteroatoms. The lowest BCUT2D eigenvalue weighted by Gasteiger charge is -2.26. The fourth-order valence-corrected chi connectivity index (χ4v) is 2.65. The maximum absolute atomic E-state index is 12.4. The van der Waals surface area contributed by atoms with E-state index in [1.54, 1.807) is 23.8 Å². The Labute approximate surface area is 122 Å². The average Bonchev–Trinajstić information content (AvgIpc) is 2.83. The summed E-state index contributed by atoms with van der Waals surface area (Å²) in [6.45, 7) is 1.81. The monoisotopic (exact) mass is 289 g/mol. The molecule has 2 N–H and O–H groups in total. The van der Waals surface area contributed by atoms with E-state index in [1.165, 1.54) is 6.42 Å². The number of rotatable bonds is 3. The van der Waals surface area contributed by atoms with Gasteiger partial charge >= 0.3 is 0 Å². The number of ether oxygens (including phenoxy) is 1. The zero-order valence-electron chi connectivity index (χ0n) is 12.1. The Bertz CT molecular complexity index is 661. The van der Waals surface area contributed by atoms with Crippen molar-refractivity contribution in [1.29, 1.82) is 0 Å². The van der Waals surface area contributed by atoms with Gasteiger partial charge in [-0.15, -0.1) is 0 Å². The number of pyridine rings is 1. The molecule has 0 spiro atoms. The minimum atomic E-state index is 0.0605. The van der Waals surface area contributed by atoms with Gasteiger partial charge in [0.25, 0.3) is 0 Å². The van der Waals surface area contributed by atoms with Crippen molar-refractivity contribution in [2.24, 2.45) is 0 Å². The molecule has 3 rings (SSSR count). The van der Waals surface area contributed by atoms with Gasteiger partial charge < -0.3 is 15.4 Å². The second kappa shape index (κ2) is 5.59. The molecule has 0 aromatic carbocycles. The number of likely N-dealkylation sites (tertiary alicyclic amines) is 1. The Morgan fingerprint density at radius 3 is 2.76 bits per heavy atom. The topological polar surface area (TPSA) is 86.3 Å². The molecule has 1 fully saturated rings. The average molecular weight is 289 g/mol. The minimum Gasteiger partial charge on any atom is -0.481 e. The van der Waals surface area contributed by atoms with Crippen LogP contribution >= 0.6 is 0 Å². The van der Waals surface area contributed by atoms with Crippen LogP contribution < -0.4 is 10.5 Å². The Morgan fingerprint density at radius 2 is 2.05 bits per heavy atom. The van der Waals surface area contributed by atoms with E-state index in [9.17, 15) is 4.79 Å². The second-order valence-corrected chi connectivity index (χ2v) is 5.19. The summed E-state index contributed by atoms with van der Waals surface area (Å²) in [6.07, 6.45) is 3.33. The van der Waals surface area contributed by atoms with Gasteiger partial charge in [0, 0.05) is 19.2 Å². The number of nitrogens with zero attached hydrogens (tertiary/aromatic N) is 4. The Kier molecular flexibility index (Phi) is 3.64. The third kappa shape index (κ3) is 2.63. The zero-order chi connectivity index (χ0) is 14.8. The van der Waals surface area contributed by atoms with Crippen LogP contribution in [-0.2, 0) is 11.3 Å². The second-order valence-electron chi connectivity index (χ2n) is 5.19. The molecule has 1 aliphatic heterocycles. The molecular formula is C14H19N5O2. The van der Waals surface area contributed by atoms with Gasteiger partial charge in [-0.1, -0.05) is 0 Å². The molecule has 21 heavy (non-hydrogen) atoms. The SMILES string of the molecule is COc1ccc2nc(N)n(CC(=O)N3CCCCC3)c2n1. The number of carbonyl (C=O) groups is 1. The van der Waals surface area contributed by atoms with Crippen LogP contribution in [0.5, 0.6) is 5.88 Å². The van der Waals surface area contributed by atoms with Crippen molar-refractivity contribution in [3.8, 4) is 5.88 Å². The van der Waals surface area contributed by atoms with Crippen molar-refractivity contribution in [3.05, 3.63) is 12.1 Å². The van der Waals surface area contributed by atoms with Crippen molar-refractivity contribution in [3.63, 3.8) is 0 Å². The van der Waals surface area contributed by atoms with Gasteiger partial charge in [0.05, 0.1) is 7.11 Å². The van der Waals surface area contributed by atoms with Gasteiger partial charge in [0.15, 0.2) is 5.65 Å². The van der Waals surface area contributed by atoms with Crippen LogP contribution in [0.25, 0.3) is 11.2 Å². The predicted molar refractivity (Wildman–Crippen MR) is 78.9 cm³/mol. The number of hydrogen-bond donors (Lipinski definition) is 1. The van der Waals surface area contributed by atoms with Crippen molar-refractivity contribution in [2.75, 3.05) is 25.9 Å². The maximum Gasteiger partial charge on any atom is 0.242 e. The number of carbonyl (C=O) groups excluding carboxylic acids is 1. The fourth-order valence-electron chi connectivity index (χ4n) is 2.65. The van der Waals surface area contributed by atoms with E-state index in [0.717, 1.165) is 25.9 Å². The zero-order valence-corrected chi connectivity index (χ0v) is 12.1. The minimum absolute atomic E-state index is 0.0605. The third-order valence-electron chi connectivity index (χ3n) is 3.81. The standard InChI is InChI=1S/C14H19N5O2/c1-21-11-6-5-10-13(17-11)19(14(15)16-10)9-12(20)18-7-3-2-4-8-18/h5-6H,2-4,7-9H2,1H3,(H2,15,16). The summed E-state index contributed by atoms with van der Waals surface area (Å²) in [4.78, 5) is 22.8. The highest BCUT2D eigenvalue weighted by Gasteiger charge is 2.19. The molecular weight excluding hydrogens is 270 g/mol. The number of methoxy groups -OCH3 is 1. The van der Waals surface area contributed by atoms with Gasteiger partial charge in [-0.3, -0.25) is 9.36 Å². The van der Waals surface area contributed by atoms with Crippen LogP contribution in [0.15, 0.2) is 12.1 Å². The molecule has 1 aliphatic rings. The fraction of sp³-hybridized carbons (Fsp3) is 0.500.